The van der Waals surface area contributed by atoms with Crippen molar-refractivity contribution in [3.63, 3.8) is 0 Å². The number of carbonyl (C=O) groups excluding carboxylic acids is 1. The van der Waals surface area contributed by atoms with Crippen molar-refractivity contribution in [1.29, 1.82) is 0 Å². The summed E-state index contributed by atoms with van der Waals surface area (Å²) >= 11 is 0. The van der Waals surface area contributed by atoms with Crippen molar-refractivity contribution in [3.05, 3.63) is 42.0 Å². The van der Waals surface area contributed by atoms with E-state index in [1.807, 2.05) is 0 Å². The van der Waals surface area contributed by atoms with Crippen LogP contribution >= 0.6 is 0 Å². The van der Waals surface area contributed by atoms with Gasteiger partial charge in [-0.25, -0.2) is 0 Å². The number of amides is 1. The van der Waals surface area contributed by atoms with E-state index in [4.69, 9.17) is 20.9 Å². The highest BCUT2D eigenvalue weighted by atomic mass is 16.5. The fourth-order valence-electron chi connectivity index (χ4n) is 1.89. The first-order chi connectivity index (χ1) is 10.0. The van der Waals surface area contributed by atoms with Crippen LogP contribution in [0.5, 0.6) is 11.5 Å². The van der Waals surface area contributed by atoms with Gasteiger partial charge in [0, 0.05) is 17.4 Å². The average Bonchev–Trinajstić information content (AvgIpc) is 2.46. The summed E-state index contributed by atoms with van der Waals surface area (Å²) in [5.41, 5.74) is 13.1. The van der Waals surface area contributed by atoms with Crippen molar-refractivity contribution in [1.82, 2.24) is 0 Å². The molecule has 5 N–H and O–H groups in total. The van der Waals surface area contributed by atoms with E-state index in [1.165, 1.54) is 13.2 Å². The molecule has 0 heterocycles. The molecule has 6 heteroatoms. The number of nitrogens with two attached hydrogens (primary N) is 2. The summed E-state index contributed by atoms with van der Waals surface area (Å²) in [5, 5.41) is 2.75. The molecule has 2 aromatic rings. The molecular formula is C15H17N3O3. The van der Waals surface area contributed by atoms with Crippen molar-refractivity contribution >= 4 is 23.0 Å². The van der Waals surface area contributed by atoms with Gasteiger partial charge in [0.2, 0.25) is 0 Å². The lowest BCUT2D eigenvalue weighted by atomic mass is 10.1. The Kier molecular flexibility index (Phi) is 4.18. The third kappa shape index (κ3) is 3.17. The Morgan fingerprint density at radius 1 is 1.05 bits per heavy atom. The number of hydrogen-bond acceptors (Lipinski definition) is 5. The Hall–Kier alpha value is -2.89. The second-order valence-corrected chi connectivity index (χ2v) is 4.37. The standard InChI is InChI=1S/C15H17N3O3/c1-20-10-4-6-14(21-2)13(8-10)18-15(19)11-5-3-9(16)7-12(11)17/h3-8H,16-17H2,1-2H3,(H,18,19). The normalized spacial score (nSPS) is 10.0. The predicted molar refractivity (Wildman–Crippen MR) is 82.8 cm³/mol. The molecule has 0 fully saturated rings. The van der Waals surface area contributed by atoms with Gasteiger partial charge in [0.1, 0.15) is 11.5 Å². The van der Waals surface area contributed by atoms with Crippen molar-refractivity contribution in [2.24, 2.45) is 0 Å². The van der Waals surface area contributed by atoms with Gasteiger partial charge in [0.15, 0.2) is 0 Å². The number of nitrogens with one attached hydrogen (secondary N) is 1. The van der Waals surface area contributed by atoms with Crippen molar-refractivity contribution in [2.45, 2.75) is 0 Å². The highest BCUT2D eigenvalue weighted by Gasteiger charge is 2.13. The number of carbonyl (C=O) groups is 1. The number of methoxy groups -OCH3 is 2. The monoisotopic (exact) mass is 287 g/mol. The van der Waals surface area contributed by atoms with Crippen LogP contribution in [0.15, 0.2) is 36.4 Å². The quantitative estimate of drug-likeness (QED) is 0.748. The zero-order valence-corrected chi connectivity index (χ0v) is 11.8. The maximum Gasteiger partial charge on any atom is 0.257 e. The fraction of sp³-hybridized carbons (Fsp3) is 0.133. The lowest BCUT2D eigenvalue weighted by molar-refractivity contribution is 0.102. The molecule has 0 aliphatic rings. The van der Waals surface area contributed by atoms with Crippen LogP contribution in [0.2, 0.25) is 0 Å². The van der Waals surface area contributed by atoms with Gasteiger partial charge >= 0.3 is 0 Å². The molecule has 0 bridgehead atoms. The van der Waals surface area contributed by atoms with Crippen LogP contribution in [0.1, 0.15) is 10.4 Å². The minimum absolute atomic E-state index is 0.314. The molecule has 0 saturated carbocycles. The van der Waals surface area contributed by atoms with Crippen LogP contribution in [-0.4, -0.2) is 20.1 Å². The van der Waals surface area contributed by atoms with Gasteiger partial charge in [-0.3, -0.25) is 4.79 Å². The first-order valence-corrected chi connectivity index (χ1v) is 6.23. The number of rotatable bonds is 4. The van der Waals surface area contributed by atoms with E-state index >= 15 is 0 Å². The molecule has 110 valence electrons. The fourth-order valence-corrected chi connectivity index (χ4v) is 1.89. The van der Waals surface area contributed by atoms with Crippen LogP contribution < -0.4 is 26.3 Å². The van der Waals surface area contributed by atoms with E-state index in [0.29, 0.717) is 34.1 Å². The zero-order valence-electron chi connectivity index (χ0n) is 11.8. The molecule has 0 unspecified atom stereocenters. The van der Waals surface area contributed by atoms with E-state index in [0.717, 1.165) is 0 Å². The minimum atomic E-state index is -0.348. The van der Waals surface area contributed by atoms with Gasteiger partial charge in [-0.15, -0.1) is 0 Å². The SMILES string of the molecule is COc1ccc(OC)c(NC(=O)c2ccc(N)cc2N)c1. The van der Waals surface area contributed by atoms with Crippen molar-refractivity contribution in [2.75, 3.05) is 31.0 Å². The Labute approximate surface area is 122 Å². The Morgan fingerprint density at radius 3 is 2.43 bits per heavy atom. The molecule has 21 heavy (non-hydrogen) atoms. The summed E-state index contributed by atoms with van der Waals surface area (Å²) in [4.78, 5) is 12.3. The third-order valence-corrected chi connectivity index (χ3v) is 2.98. The first-order valence-electron chi connectivity index (χ1n) is 6.23. The van der Waals surface area contributed by atoms with Gasteiger partial charge in [0.05, 0.1) is 25.5 Å². The number of nitrogen functional groups attached to an aromatic ring is 2. The molecule has 0 atom stereocenters. The largest absolute Gasteiger partial charge is 0.497 e. The molecule has 0 aliphatic carbocycles. The van der Waals surface area contributed by atoms with Crippen LogP contribution in [0.4, 0.5) is 17.1 Å². The molecule has 2 rings (SSSR count). The molecule has 0 saturated heterocycles. The van der Waals surface area contributed by atoms with Gasteiger partial charge in [-0.05, 0) is 30.3 Å². The molecule has 6 nitrogen and oxygen atoms in total. The molecule has 2 aromatic carbocycles. The maximum absolute atomic E-state index is 12.3. The van der Waals surface area contributed by atoms with Crippen molar-refractivity contribution < 1.29 is 14.3 Å². The number of ether oxygens (including phenoxy) is 2. The first kappa shape index (κ1) is 14.5. The molecule has 0 spiro atoms. The third-order valence-electron chi connectivity index (χ3n) is 2.98. The maximum atomic E-state index is 12.3. The summed E-state index contributed by atoms with van der Waals surface area (Å²) in [6.45, 7) is 0. The number of benzene rings is 2. The minimum Gasteiger partial charge on any atom is -0.497 e. The van der Waals surface area contributed by atoms with Crippen LogP contribution in [-0.2, 0) is 0 Å². The average molecular weight is 287 g/mol. The van der Waals surface area contributed by atoms with Crippen LogP contribution in [0.3, 0.4) is 0 Å². The smallest absolute Gasteiger partial charge is 0.257 e. The van der Waals surface area contributed by atoms with Crippen LogP contribution in [0.25, 0.3) is 0 Å². The Morgan fingerprint density at radius 2 is 1.81 bits per heavy atom. The Balaban J connectivity index is 2.30. The van der Waals surface area contributed by atoms with Crippen LogP contribution in [0, 0.1) is 0 Å². The van der Waals surface area contributed by atoms with E-state index in [-0.39, 0.29) is 5.91 Å². The number of anilines is 3. The summed E-state index contributed by atoms with van der Waals surface area (Å²) in [5.74, 6) is 0.786. The van der Waals surface area contributed by atoms with E-state index in [2.05, 4.69) is 5.32 Å². The highest BCUT2D eigenvalue weighted by molar-refractivity contribution is 6.08. The lowest BCUT2D eigenvalue weighted by Crippen LogP contribution is -2.15. The molecule has 1 amide bonds. The zero-order chi connectivity index (χ0) is 15.4. The van der Waals surface area contributed by atoms with E-state index < -0.39 is 0 Å². The second-order valence-electron chi connectivity index (χ2n) is 4.37. The Bertz CT molecular complexity index is 671. The highest BCUT2D eigenvalue weighted by Crippen LogP contribution is 2.29. The predicted octanol–water partition coefficient (Wildman–Crippen LogP) is 2.12. The van der Waals surface area contributed by atoms with Gasteiger partial charge in [0.25, 0.3) is 5.91 Å². The molecule has 0 radical (unpaired) electrons. The van der Waals surface area contributed by atoms with Gasteiger partial charge in [-0.2, -0.15) is 0 Å². The topological polar surface area (TPSA) is 99.6 Å². The summed E-state index contributed by atoms with van der Waals surface area (Å²) < 4.78 is 10.3. The van der Waals surface area contributed by atoms with Crippen molar-refractivity contribution in [3.8, 4) is 11.5 Å². The van der Waals surface area contributed by atoms with Gasteiger partial charge < -0.3 is 26.3 Å². The molecule has 0 aliphatic heterocycles. The lowest BCUT2D eigenvalue weighted by Gasteiger charge is -2.12. The summed E-state index contributed by atoms with van der Waals surface area (Å²) in [6.07, 6.45) is 0. The molecular weight excluding hydrogens is 270 g/mol. The summed E-state index contributed by atoms with van der Waals surface area (Å²) in [6, 6.07) is 9.86. The van der Waals surface area contributed by atoms with E-state index in [1.54, 1.807) is 37.4 Å². The number of hydrogen-bond donors (Lipinski definition) is 3. The van der Waals surface area contributed by atoms with E-state index in [9.17, 15) is 4.79 Å². The molecule has 0 aromatic heterocycles. The van der Waals surface area contributed by atoms with Gasteiger partial charge in [-0.1, -0.05) is 0 Å². The second kappa shape index (κ2) is 6.04. The summed E-state index contributed by atoms with van der Waals surface area (Å²) in [7, 11) is 3.07.